The van der Waals surface area contributed by atoms with Crippen LogP contribution in [0.4, 0.5) is 0 Å². The number of nitrogens with zero attached hydrogens (tertiary/aromatic N) is 4. The van der Waals surface area contributed by atoms with Gasteiger partial charge in [0.2, 0.25) is 5.91 Å². The summed E-state index contributed by atoms with van der Waals surface area (Å²) in [5.74, 6) is -0.0874. The van der Waals surface area contributed by atoms with Crippen molar-refractivity contribution in [3.05, 3.63) is 34.9 Å². The van der Waals surface area contributed by atoms with Crippen LogP contribution in [0.15, 0.2) is 29.2 Å². The number of amides is 1. The summed E-state index contributed by atoms with van der Waals surface area (Å²) >= 11 is 0. The molecule has 1 amide bonds. The summed E-state index contributed by atoms with van der Waals surface area (Å²) in [6, 6.07) is 5.39. The molecule has 0 radical (unpaired) electrons. The summed E-state index contributed by atoms with van der Waals surface area (Å²) in [5.41, 5.74) is 5.99. The van der Waals surface area contributed by atoms with Gasteiger partial charge in [-0.1, -0.05) is 6.07 Å². The van der Waals surface area contributed by atoms with E-state index in [0.717, 1.165) is 19.3 Å². The Morgan fingerprint density at radius 2 is 2.18 bits per heavy atom. The lowest BCUT2D eigenvalue weighted by Crippen LogP contribution is -2.49. The molecule has 1 aliphatic heterocycles. The molecule has 1 fully saturated rings. The van der Waals surface area contributed by atoms with Gasteiger partial charge >= 0.3 is 5.69 Å². The summed E-state index contributed by atoms with van der Waals surface area (Å²) in [5, 5.41) is 4.19. The first kappa shape index (κ1) is 16.5. The molecule has 8 heteroatoms. The molecule has 0 aromatic carbocycles. The minimum absolute atomic E-state index is 0. The number of carbonyl (C=O) groups is 1. The number of pyridine rings is 1. The van der Waals surface area contributed by atoms with Gasteiger partial charge in [-0.3, -0.25) is 9.20 Å². The van der Waals surface area contributed by atoms with E-state index in [0.29, 0.717) is 18.7 Å². The highest BCUT2D eigenvalue weighted by Gasteiger charge is 2.26. The van der Waals surface area contributed by atoms with Crippen molar-refractivity contribution in [3.63, 3.8) is 0 Å². The van der Waals surface area contributed by atoms with Gasteiger partial charge in [0.25, 0.3) is 0 Å². The molecule has 3 rings (SSSR count). The quantitative estimate of drug-likeness (QED) is 0.877. The highest BCUT2D eigenvalue weighted by molar-refractivity contribution is 5.85. The number of piperidine rings is 1. The first-order chi connectivity index (χ1) is 10.2. The van der Waals surface area contributed by atoms with E-state index in [1.807, 2.05) is 6.07 Å². The number of hydrogen-bond donors (Lipinski definition) is 1. The first-order valence-electron chi connectivity index (χ1n) is 7.24. The Balaban J connectivity index is 0.00000176. The highest BCUT2D eigenvalue weighted by atomic mass is 35.5. The fourth-order valence-corrected chi connectivity index (χ4v) is 2.86. The zero-order chi connectivity index (χ0) is 14.8. The van der Waals surface area contributed by atoms with Crippen LogP contribution in [-0.4, -0.2) is 44.1 Å². The second kappa shape index (κ2) is 6.93. The van der Waals surface area contributed by atoms with E-state index in [1.165, 1.54) is 9.08 Å². The van der Waals surface area contributed by atoms with Crippen LogP contribution in [0.5, 0.6) is 0 Å². The van der Waals surface area contributed by atoms with Gasteiger partial charge in [0.05, 0.1) is 0 Å². The van der Waals surface area contributed by atoms with Crippen LogP contribution in [0.1, 0.15) is 19.3 Å². The van der Waals surface area contributed by atoms with E-state index in [2.05, 4.69) is 5.10 Å². The Bertz CT molecular complexity index is 711. The van der Waals surface area contributed by atoms with Crippen LogP contribution in [0.3, 0.4) is 0 Å². The van der Waals surface area contributed by atoms with Gasteiger partial charge in [0.15, 0.2) is 5.65 Å². The number of rotatable bonds is 3. The Labute approximate surface area is 134 Å². The monoisotopic (exact) mass is 325 g/mol. The van der Waals surface area contributed by atoms with Crippen molar-refractivity contribution in [2.75, 3.05) is 13.1 Å². The Morgan fingerprint density at radius 1 is 1.36 bits per heavy atom. The minimum Gasteiger partial charge on any atom is -0.337 e. The van der Waals surface area contributed by atoms with Crippen molar-refractivity contribution in [2.45, 2.75) is 31.8 Å². The minimum atomic E-state index is -0.291. The average Bonchev–Trinajstić information content (AvgIpc) is 2.84. The molecule has 3 heterocycles. The zero-order valence-electron chi connectivity index (χ0n) is 12.2. The van der Waals surface area contributed by atoms with E-state index < -0.39 is 0 Å². The second-order valence-corrected chi connectivity index (χ2v) is 5.34. The predicted octanol–water partition coefficient (Wildman–Crippen LogP) is 0.258. The molecule has 0 aliphatic carbocycles. The average molecular weight is 326 g/mol. The molecule has 0 spiro atoms. The molecule has 1 saturated heterocycles. The van der Waals surface area contributed by atoms with Gasteiger partial charge < -0.3 is 10.6 Å². The van der Waals surface area contributed by atoms with Gasteiger partial charge in [-0.05, 0) is 31.4 Å². The first-order valence-corrected chi connectivity index (χ1v) is 7.24. The number of fused-ring (bicyclic) bond motifs is 1. The van der Waals surface area contributed by atoms with Crippen LogP contribution in [-0.2, 0) is 11.3 Å². The molecule has 1 unspecified atom stereocenters. The standard InChI is InChI=1S/C14H19N5O2.ClH/c15-9-11-5-1-3-7-17(11)13(20)10-19-14(21)18-8-4-2-6-12(18)16-19;/h2,4,6,8,11H,1,3,5,7,9-10,15H2;1H. The van der Waals surface area contributed by atoms with E-state index in [9.17, 15) is 9.59 Å². The highest BCUT2D eigenvalue weighted by Crippen LogP contribution is 2.16. The maximum Gasteiger partial charge on any atom is 0.350 e. The SMILES string of the molecule is Cl.NCC1CCCCN1C(=O)Cn1nc2ccccn2c1=O. The second-order valence-electron chi connectivity index (χ2n) is 5.34. The van der Waals surface area contributed by atoms with Crippen LogP contribution in [0.25, 0.3) is 5.65 Å². The molecule has 0 bridgehead atoms. The lowest BCUT2D eigenvalue weighted by Gasteiger charge is -2.34. The Hall–Kier alpha value is -1.86. The lowest BCUT2D eigenvalue weighted by molar-refractivity contribution is -0.135. The summed E-state index contributed by atoms with van der Waals surface area (Å²) in [6.07, 6.45) is 4.67. The lowest BCUT2D eigenvalue weighted by atomic mass is 10.0. The van der Waals surface area contributed by atoms with E-state index in [-0.39, 0.29) is 36.6 Å². The van der Waals surface area contributed by atoms with E-state index in [4.69, 9.17) is 5.73 Å². The van der Waals surface area contributed by atoms with Gasteiger partial charge in [-0.25, -0.2) is 9.48 Å². The topological polar surface area (TPSA) is 85.6 Å². The predicted molar refractivity (Wildman–Crippen MR) is 85.1 cm³/mol. The molecular formula is C14H20ClN5O2. The molecule has 22 heavy (non-hydrogen) atoms. The summed E-state index contributed by atoms with van der Waals surface area (Å²) in [7, 11) is 0. The third-order valence-corrected chi connectivity index (χ3v) is 3.99. The molecule has 7 nitrogen and oxygen atoms in total. The molecule has 2 N–H and O–H groups in total. The van der Waals surface area contributed by atoms with Crippen LogP contribution in [0, 0.1) is 0 Å². The number of aromatic nitrogens is 3. The summed E-state index contributed by atoms with van der Waals surface area (Å²) in [4.78, 5) is 26.4. The largest absolute Gasteiger partial charge is 0.350 e. The summed E-state index contributed by atoms with van der Waals surface area (Å²) < 4.78 is 2.66. The molecular weight excluding hydrogens is 306 g/mol. The maximum atomic E-state index is 12.4. The fourth-order valence-electron chi connectivity index (χ4n) is 2.86. The van der Waals surface area contributed by atoms with Crippen molar-refractivity contribution in [3.8, 4) is 0 Å². The molecule has 2 aromatic heterocycles. The van der Waals surface area contributed by atoms with Crippen molar-refractivity contribution in [1.29, 1.82) is 0 Å². The molecule has 0 saturated carbocycles. The number of nitrogens with two attached hydrogens (primary N) is 1. The Kier molecular flexibility index (Phi) is 5.20. The van der Waals surface area contributed by atoms with Crippen LogP contribution < -0.4 is 11.4 Å². The normalized spacial score (nSPS) is 18.2. The van der Waals surface area contributed by atoms with Gasteiger partial charge in [0.1, 0.15) is 6.54 Å². The number of hydrogen-bond acceptors (Lipinski definition) is 4. The van der Waals surface area contributed by atoms with Gasteiger partial charge in [-0.15, -0.1) is 17.5 Å². The van der Waals surface area contributed by atoms with Crippen molar-refractivity contribution in [2.24, 2.45) is 5.73 Å². The Morgan fingerprint density at radius 3 is 2.91 bits per heavy atom. The van der Waals surface area contributed by atoms with Gasteiger partial charge in [0, 0.05) is 25.3 Å². The molecule has 1 atom stereocenters. The van der Waals surface area contributed by atoms with Gasteiger partial charge in [-0.2, -0.15) is 0 Å². The third-order valence-electron chi connectivity index (χ3n) is 3.99. The molecule has 2 aromatic rings. The van der Waals surface area contributed by atoms with E-state index >= 15 is 0 Å². The third kappa shape index (κ3) is 3.00. The summed E-state index contributed by atoms with van der Waals surface area (Å²) in [6.45, 7) is 1.14. The molecule has 1 aliphatic rings. The van der Waals surface area contributed by atoms with E-state index in [1.54, 1.807) is 23.2 Å². The fraction of sp³-hybridized carbons (Fsp3) is 0.500. The van der Waals surface area contributed by atoms with Crippen molar-refractivity contribution >= 4 is 24.0 Å². The number of likely N-dealkylation sites (tertiary alicyclic amines) is 1. The van der Waals surface area contributed by atoms with Crippen molar-refractivity contribution < 1.29 is 4.79 Å². The maximum absolute atomic E-state index is 12.4. The van der Waals surface area contributed by atoms with Crippen LogP contribution in [0.2, 0.25) is 0 Å². The number of carbonyl (C=O) groups excluding carboxylic acids is 1. The van der Waals surface area contributed by atoms with Crippen molar-refractivity contribution in [1.82, 2.24) is 19.1 Å². The smallest absolute Gasteiger partial charge is 0.337 e. The van der Waals surface area contributed by atoms with Crippen LogP contribution >= 0.6 is 12.4 Å². The molecule has 120 valence electrons. The zero-order valence-corrected chi connectivity index (χ0v) is 13.0. The number of halogens is 1.